The van der Waals surface area contributed by atoms with E-state index in [0.717, 1.165) is 12.0 Å². The second-order valence-electron chi connectivity index (χ2n) is 4.11. The Morgan fingerprint density at radius 1 is 1.38 bits per heavy atom. The molecule has 0 radical (unpaired) electrons. The molecule has 3 heteroatoms. The van der Waals surface area contributed by atoms with Gasteiger partial charge in [0, 0.05) is 6.04 Å². The van der Waals surface area contributed by atoms with Crippen LogP contribution in [0.2, 0.25) is 0 Å². The molecule has 1 amide bonds. The lowest BCUT2D eigenvalue weighted by atomic mass is 10.1. The second-order valence-corrected chi connectivity index (χ2v) is 4.11. The quantitative estimate of drug-likeness (QED) is 0.789. The SMILES string of the molecule is CCC(C)NC(=O)[C@H](N)Cc1ccccc1. The largest absolute Gasteiger partial charge is 0.352 e. The van der Waals surface area contributed by atoms with Gasteiger partial charge in [-0.05, 0) is 25.3 Å². The van der Waals surface area contributed by atoms with Crippen LogP contribution in [0, 0.1) is 0 Å². The topological polar surface area (TPSA) is 55.1 Å². The van der Waals surface area contributed by atoms with Gasteiger partial charge in [-0.1, -0.05) is 37.3 Å². The highest BCUT2D eigenvalue weighted by Gasteiger charge is 2.15. The highest BCUT2D eigenvalue weighted by atomic mass is 16.2. The van der Waals surface area contributed by atoms with Crippen LogP contribution in [0.25, 0.3) is 0 Å². The molecule has 1 aromatic carbocycles. The molecule has 16 heavy (non-hydrogen) atoms. The van der Waals surface area contributed by atoms with Crippen LogP contribution >= 0.6 is 0 Å². The third kappa shape index (κ3) is 4.03. The summed E-state index contributed by atoms with van der Waals surface area (Å²) in [5.41, 5.74) is 6.93. The van der Waals surface area contributed by atoms with Gasteiger partial charge in [0.1, 0.15) is 0 Å². The molecule has 0 fully saturated rings. The molecule has 0 aliphatic heterocycles. The summed E-state index contributed by atoms with van der Waals surface area (Å²) >= 11 is 0. The van der Waals surface area contributed by atoms with E-state index in [1.807, 2.05) is 44.2 Å². The van der Waals surface area contributed by atoms with Crippen LogP contribution in [0.3, 0.4) is 0 Å². The summed E-state index contributed by atoms with van der Waals surface area (Å²) in [6.07, 6.45) is 1.51. The Balaban J connectivity index is 2.46. The smallest absolute Gasteiger partial charge is 0.237 e. The lowest BCUT2D eigenvalue weighted by molar-refractivity contribution is -0.122. The third-order valence-corrected chi connectivity index (χ3v) is 2.64. The highest BCUT2D eigenvalue weighted by molar-refractivity contribution is 5.82. The second kappa shape index (κ2) is 6.28. The Labute approximate surface area is 97.0 Å². The number of carbonyl (C=O) groups is 1. The summed E-state index contributed by atoms with van der Waals surface area (Å²) < 4.78 is 0. The van der Waals surface area contributed by atoms with Gasteiger partial charge >= 0.3 is 0 Å². The number of rotatable bonds is 5. The standard InChI is InChI=1S/C13H20N2O/c1-3-10(2)15-13(16)12(14)9-11-7-5-4-6-8-11/h4-8,10,12H,3,9,14H2,1-2H3,(H,15,16)/t10?,12-/m1/s1. The molecule has 0 saturated heterocycles. The van der Waals surface area contributed by atoms with E-state index in [2.05, 4.69) is 5.32 Å². The van der Waals surface area contributed by atoms with Gasteiger partial charge in [0.05, 0.1) is 6.04 Å². The molecule has 0 heterocycles. The fourth-order valence-electron chi connectivity index (χ4n) is 1.41. The number of nitrogens with one attached hydrogen (secondary N) is 1. The van der Waals surface area contributed by atoms with Crippen molar-refractivity contribution >= 4 is 5.91 Å². The Kier molecular flexibility index (Phi) is 4.99. The van der Waals surface area contributed by atoms with E-state index < -0.39 is 6.04 Å². The van der Waals surface area contributed by atoms with E-state index in [1.165, 1.54) is 0 Å². The first-order valence-electron chi connectivity index (χ1n) is 5.73. The molecule has 1 rings (SSSR count). The molecular formula is C13H20N2O. The summed E-state index contributed by atoms with van der Waals surface area (Å²) in [6.45, 7) is 4.01. The summed E-state index contributed by atoms with van der Waals surface area (Å²) in [5.74, 6) is -0.0711. The number of nitrogens with two attached hydrogens (primary N) is 1. The summed E-state index contributed by atoms with van der Waals surface area (Å²) in [4.78, 5) is 11.7. The Morgan fingerprint density at radius 3 is 2.56 bits per heavy atom. The van der Waals surface area contributed by atoms with Gasteiger partial charge in [-0.25, -0.2) is 0 Å². The van der Waals surface area contributed by atoms with Crippen molar-refractivity contribution in [2.45, 2.75) is 38.8 Å². The van der Waals surface area contributed by atoms with Crippen molar-refractivity contribution in [3.63, 3.8) is 0 Å². The van der Waals surface area contributed by atoms with Crippen molar-refractivity contribution in [2.24, 2.45) is 5.73 Å². The van der Waals surface area contributed by atoms with E-state index in [-0.39, 0.29) is 11.9 Å². The van der Waals surface area contributed by atoms with Crippen molar-refractivity contribution < 1.29 is 4.79 Å². The molecule has 2 atom stereocenters. The number of amides is 1. The summed E-state index contributed by atoms with van der Waals surface area (Å²) in [6, 6.07) is 9.55. The van der Waals surface area contributed by atoms with Gasteiger partial charge in [-0.15, -0.1) is 0 Å². The molecule has 1 unspecified atom stereocenters. The van der Waals surface area contributed by atoms with Crippen molar-refractivity contribution in [3.8, 4) is 0 Å². The van der Waals surface area contributed by atoms with Gasteiger partial charge < -0.3 is 11.1 Å². The molecule has 0 spiro atoms. The average Bonchev–Trinajstić information content (AvgIpc) is 2.30. The number of carbonyl (C=O) groups excluding carboxylic acids is 1. The maximum absolute atomic E-state index is 11.7. The molecule has 0 aromatic heterocycles. The molecule has 0 aliphatic carbocycles. The number of hydrogen-bond donors (Lipinski definition) is 2. The Bertz CT molecular complexity index is 324. The normalized spacial score (nSPS) is 14.2. The predicted molar refractivity (Wildman–Crippen MR) is 66.0 cm³/mol. The van der Waals surface area contributed by atoms with E-state index >= 15 is 0 Å². The minimum Gasteiger partial charge on any atom is -0.352 e. The zero-order valence-electron chi connectivity index (χ0n) is 9.94. The number of benzene rings is 1. The molecule has 3 N–H and O–H groups in total. The van der Waals surface area contributed by atoms with Crippen LogP contribution in [0.1, 0.15) is 25.8 Å². The zero-order chi connectivity index (χ0) is 12.0. The lowest BCUT2D eigenvalue weighted by Gasteiger charge is -2.16. The first-order valence-corrected chi connectivity index (χ1v) is 5.73. The van der Waals surface area contributed by atoms with Gasteiger partial charge in [-0.2, -0.15) is 0 Å². The Morgan fingerprint density at radius 2 is 2.00 bits per heavy atom. The van der Waals surface area contributed by atoms with Crippen LogP contribution in [-0.2, 0) is 11.2 Å². The van der Waals surface area contributed by atoms with E-state index in [9.17, 15) is 4.79 Å². The minimum absolute atomic E-state index is 0.0711. The number of hydrogen-bond acceptors (Lipinski definition) is 2. The van der Waals surface area contributed by atoms with Crippen LogP contribution in [0.4, 0.5) is 0 Å². The van der Waals surface area contributed by atoms with Gasteiger partial charge in [0.2, 0.25) is 5.91 Å². The maximum atomic E-state index is 11.7. The third-order valence-electron chi connectivity index (χ3n) is 2.64. The van der Waals surface area contributed by atoms with Gasteiger partial charge in [0.25, 0.3) is 0 Å². The zero-order valence-corrected chi connectivity index (χ0v) is 9.94. The molecular weight excluding hydrogens is 200 g/mol. The van der Waals surface area contributed by atoms with Gasteiger partial charge in [0.15, 0.2) is 0 Å². The molecule has 1 aromatic rings. The van der Waals surface area contributed by atoms with Crippen LogP contribution < -0.4 is 11.1 Å². The van der Waals surface area contributed by atoms with Gasteiger partial charge in [-0.3, -0.25) is 4.79 Å². The minimum atomic E-state index is -0.462. The molecule has 0 saturated carbocycles. The maximum Gasteiger partial charge on any atom is 0.237 e. The average molecular weight is 220 g/mol. The van der Waals surface area contributed by atoms with Crippen molar-refractivity contribution in [1.82, 2.24) is 5.32 Å². The van der Waals surface area contributed by atoms with E-state index in [0.29, 0.717) is 6.42 Å². The predicted octanol–water partition coefficient (Wildman–Crippen LogP) is 1.47. The van der Waals surface area contributed by atoms with Crippen LogP contribution in [0.15, 0.2) is 30.3 Å². The van der Waals surface area contributed by atoms with Crippen molar-refractivity contribution in [2.75, 3.05) is 0 Å². The first kappa shape index (κ1) is 12.7. The summed E-state index contributed by atoms with van der Waals surface area (Å²) in [5, 5.41) is 2.89. The monoisotopic (exact) mass is 220 g/mol. The molecule has 0 aliphatic rings. The highest BCUT2D eigenvalue weighted by Crippen LogP contribution is 2.02. The van der Waals surface area contributed by atoms with Crippen LogP contribution in [0.5, 0.6) is 0 Å². The molecule has 3 nitrogen and oxygen atoms in total. The van der Waals surface area contributed by atoms with Crippen molar-refractivity contribution in [3.05, 3.63) is 35.9 Å². The summed E-state index contributed by atoms with van der Waals surface area (Å²) in [7, 11) is 0. The molecule has 88 valence electrons. The fraction of sp³-hybridized carbons (Fsp3) is 0.462. The van der Waals surface area contributed by atoms with Crippen molar-refractivity contribution in [1.29, 1.82) is 0 Å². The lowest BCUT2D eigenvalue weighted by Crippen LogP contribution is -2.45. The fourth-order valence-corrected chi connectivity index (χ4v) is 1.41. The van der Waals surface area contributed by atoms with E-state index in [1.54, 1.807) is 0 Å². The van der Waals surface area contributed by atoms with Crippen LogP contribution in [-0.4, -0.2) is 18.0 Å². The Hall–Kier alpha value is -1.35. The molecule has 0 bridgehead atoms. The first-order chi connectivity index (χ1) is 7.63. The van der Waals surface area contributed by atoms with E-state index in [4.69, 9.17) is 5.73 Å².